The van der Waals surface area contributed by atoms with Crippen molar-refractivity contribution in [1.82, 2.24) is 0 Å². The third-order valence-corrected chi connectivity index (χ3v) is 13.6. The molecular weight excluding hydrogens is 378 g/mol. The van der Waals surface area contributed by atoms with Crippen molar-refractivity contribution >= 4 is 29.3 Å². The number of benzene rings is 3. The first-order valence-corrected chi connectivity index (χ1v) is 14.0. The van der Waals surface area contributed by atoms with Crippen molar-refractivity contribution in [2.75, 3.05) is 6.06 Å². The first kappa shape index (κ1) is 18.9. The van der Waals surface area contributed by atoms with E-state index in [1.165, 1.54) is 25.3 Å². The van der Waals surface area contributed by atoms with Gasteiger partial charge in [0, 0.05) is 6.15 Å². The molecule has 3 aliphatic heterocycles. The Bertz CT molecular complexity index is 867. The first-order valence-electron chi connectivity index (χ1n) is 12.0. The molecule has 7 rings (SSSR count). The molecule has 0 aromatic heterocycles. The summed E-state index contributed by atoms with van der Waals surface area (Å²) in [7, 11) is -1.67. The standard InChI is InChI=1S/C28H32BP/c1-4-10-26(11-5-1)30(27-12-6-2-7-13-27,28-14-8-3-9-15-28)22-29-19-23-16-24(20-29)18-25(17-23)21-29/h1-15,23-25H,16-22H2. The van der Waals surface area contributed by atoms with Crippen molar-refractivity contribution in [2.45, 2.75) is 38.2 Å². The molecule has 30 heavy (non-hydrogen) atoms. The summed E-state index contributed by atoms with van der Waals surface area (Å²) in [5.74, 6) is 3.08. The van der Waals surface area contributed by atoms with Gasteiger partial charge < -0.3 is 0 Å². The van der Waals surface area contributed by atoms with E-state index in [9.17, 15) is 0 Å². The van der Waals surface area contributed by atoms with Gasteiger partial charge in [-0.2, -0.15) is 19.0 Å². The van der Waals surface area contributed by atoms with Crippen molar-refractivity contribution in [2.24, 2.45) is 17.8 Å². The third kappa shape index (κ3) is 3.09. The smallest absolute Gasteiger partial charge is 0.101 e. The molecule has 0 N–H and O–H groups in total. The van der Waals surface area contributed by atoms with Gasteiger partial charge in [-0.25, -0.2) is 0 Å². The van der Waals surface area contributed by atoms with Gasteiger partial charge in [-0.1, -0.05) is 97.7 Å². The fraction of sp³-hybridized carbons (Fsp3) is 0.357. The van der Waals surface area contributed by atoms with Crippen LogP contribution in [0.5, 0.6) is 0 Å². The van der Waals surface area contributed by atoms with Crippen molar-refractivity contribution in [1.29, 1.82) is 0 Å². The van der Waals surface area contributed by atoms with Gasteiger partial charge in [0.2, 0.25) is 0 Å². The molecule has 0 nitrogen and oxygen atoms in total. The topological polar surface area (TPSA) is 0 Å². The molecule has 2 heteroatoms. The molecule has 4 fully saturated rings. The lowest BCUT2D eigenvalue weighted by molar-refractivity contribution is 0.188. The average molecular weight is 410 g/mol. The molecule has 0 amide bonds. The molecule has 1 saturated carbocycles. The van der Waals surface area contributed by atoms with Crippen LogP contribution < -0.4 is 15.9 Å². The van der Waals surface area contributed by atoms with Gasteiger partial charge >= 0.3 is 0 Å². The summed E-state index contributed by atoms with van der Waals surface area (Å²) in [5, 5.41) is 4.75. The number of hydrogen-bond donors (Lipinski definition) is 0. The molecule has 3 aromatic rings. The predicted octanol–water partition coefficient (Wildman–Crippen LogP) is 6.03. The predicted molar refractivity (Wildman–Crippen MR) is 135 cm³/mol. The lowest BCUT2D eigenvalue weighted by atomic mass is 9.12. The Kier molecular flexibility index (Phi) is 4.65. The highest BCUT2D eigenvalue weighted by atomic mass is 31.2. The molecule has 0 unspecified atom stereocenters. The molecule has 3 heterocycles. The van der Waals surface area contributed by atoms with E-state index in [2.05, 4.69) is 91.0 Å². The molecule has 3 saturated heterocycles. The molecule has 0 atom stereocenters. The molecule has 4 aliphatic rings. The van der Waals surface area contributed by atoms with Gasteiger partial charge in [-0.15, -0.1) is 0 Å². The number of rotatable bonds is 5. The highest BCUT2D eigenvalue weighted by Gasteiger charge is 2.54. The first-order chi connectivity index (χ1) is 14.8. The summed E-state index contributed by atoms with van der Waals surface area (Å²) in [6, 6.07) is 36.2. The summed E-state index contributed by atoms with van der Waals surface area (Å²) in [5.41, 5.74) is 0. The summed E-state index contributed by atoms with van der Waals surface area (Å²) >= 11 is 0. The minimum atomic E-state index is -1.67. The fourth-order valence-corrected chi connectivity index (χ4v) is 13.5. The SMILES string of the molecule is c1ccc([P+](C[B-]23CC4CC(CC(C4)C2)C3)(c2ccccc2)c2ccccc2)cc1. The Morgan fingerprint density at radius 1 is 0.533 bits per heavy atom. The summed E-state index contributed by atoms with van der Waals surface area (Å²) in [6.07, 6.45) is 8.96. The molecule has 4 bridgehead atoms. The van der Waals surface area contributed by atoms with Gasteiger partial charge in [-0.05, 0) is 36.4 Å². The van der Waals surface area contributed by atoms with Crippen LogP contribution in [0.2, 0.25) is 19.0 Å². The second-order valence-corrected chi connectivity index (χ2v) is 14.3. The van der Waals surface area contributed by atoms with Crippen LogP contribution >= 0.6 is 7.26 Å². The van der Waals surface area contributed by atoms with E-state index in [0.29, 0.717) is 0 Å². The molecule has 1 aliphatic carbocycles. The quantitative estimate of drug-likeness (QED) is 0.356. The van der Waals surface area contributed by atoms with Crippen LogP contribution in [0, 0.1) is 17.8 Å². The maximum Gasteiger partial charge on any atom is 0.101 e. The van der Waals surface area contributed by atoms with E-state index in [0.717, 1.165) is 17.8 Å². The molecule has 0 spiro atoms. The molecule has 0 radical (unpaired) electrons. The Hall–Kier alpha value is -1.85. The lowest BCUT2D eigenvalue weighted by Crippen LogP contribution is -2.57. The zero-order valence-electron chi connectivity index (χ0n) is 17.9. The zero-order valence-corrected chi connectivity index (χ0v) is 18.8. The lowest BCUT2D eigenvalue weighted by Gasteiger charge is -2.61. The van der Waals surface area contributed by atoms with E-state index in [1.807, 2.05) is 0 Å². The van der Waals surface area contributed by atoms with Crippen LogP contribution in [-0.2, 0) is 0 Å². The average Bonchev–Trinajstić information content (AvgIpc) is 2.78. The van der Waals surface area contributed by atoms with E-state index in [4.69, 9.17) is 0 Å². The van der Waals surface area contributed by atoms with Crippen LogP contribution in [0.3, 0.4) is 0 Å². The summed E-state index contributed by atoms with van der Waals surface area (Å²) < 4.78 is 0. The van der Waals surface area contributed by atoms with Gasteiger partial charge in [0.15, 0.2) is 0 Å². The Morgan fingerprint density at radius 2 is 0.867 bits per heavy atom. The van der Waals surface area contributed by atoms with Gasteiger partial charge in [0.05, 0.1) is 7.26 Å². The van der Waals surface area contributed by atoms with Crippen molar-refractivity contribution < 1.29 is 0 Å². The van der Waals surface area contributed by atoms with Gasteiger partial charge in [0.25, 0.3) is 0 Å². The fourth-order valence-electron chi connectivity index (χ4n) is 8.31. The molecule has 3 aromatic carbocycles. The van der Waals surface area contributed by atoms with Crippen molar-refractivity contribution in [3.63, 3.8) is 0 Å². The highest BCUT2D eigenvalue weighted by molar-refractivity contribution is 7.97. The monoisotopic (exact) mass is 410 g/mol. The Labute approximate surface area is 182 Å². The minimum absolute atomic E-state index is 0.276. The second kappa shape index (κ2) is 7.38. The minimum Gasteiger partial charge on any atom is -0.171 e. The summed E-state index contributed by atoms with van der Waals surface area (Å²) in [4.78, 5) is 0. The van der Waals surface area contributed by atoms with E-state index in [1.54, 1.807) is 34.9 Å². The van der Waals surface area contributed by atoms with E-state index < -0.39 is 7.26 Å². The van der Waals surface area contributed by atoms with E-state index in [-0.39, 0.29) is 6.15 Å². The largest absolute Gasteiger partial charge is 0.171 e. The molecule has 152 valence electrons. The third-order valence-electron chi connectivity index (χ3n) is 8.75. The zero-order chi connectivity index (χ0) is 20.0. The van der Waals surface area contributed by atoms with Crippen molar-refractivity contribution in [3.8, 4) is 0 Å². The van der Waals surface area contributed by atoms with E-state index >= 15 is 0 Å². The second-order valence-electron chi connectivity index (χ2n) is 10.7. The maximum atomic E-state index is 2.43. The number of hydrogen-bond acceptors (Lipinski definition) is 0. The van der Waals surface area contributed by atoms with Gasteiger partial charge in [0.1, 0.15) is 15.9 Å². The van der Waals surface area contributed by atoms with Crippen LogP contribution in [0.25, 0.3) is 0 Å². The van der Waals surface area contributed by atoms with Crippen LogP contribution in [-0.4, -0.2) is 12.2 Å². The Morgan fingerprint density at radius 3 is 1.20 bits per heavy atom. The molecular formula is C28H32BP. The summed E-state index contributed by atoms with van der Waals surface area (Å²) in [6.45, 7) is 0. The van der Waals surface area contributed by atoms with Crippen LogP contribution in [0.15, 0.2) is 91.0 Å². The van der Waals surface area contributed by atoms with Crippen LogP contribution in [0.1, 0.15) is 19.3 Å². The normalized spacial score (nSPS) is 29.8. The van der Waals surface area contributed by atoms with Crippen LogP contribution in [0.4, 0.5) is 0 Å². The maximum absolute atomic E-state index is 2.43. The Balaban J connectivity index is 1.56. The van der Waals surface area contributed by atoms with Crippen molar-refractivity contribution in [3.05, 3.63) is 91.0 Å². The highest BCUT2D eigenvalue weighted by Crippen LogP contribution is 2.64. The van der Waals surface area contributed by atoms with Gasteiger partial charge in [-0.3, -0.25) is 0 Å².